The van der Waals surface area contributed by atoms with Crippen molar-refractivity contribution in [3.05, 3.63) is 53.6 Å². The number of nitrogens with zero attached hydrogens (tertiary/aromatic N) is 1. The van der Waals surface area contributed by atoms with Crippen molar-refractivity contribution < 1.29 is 27.8 Å². The number of halogens is 3. The van der Waals surface area contributed by atoms with E-state index in [-0.39, 0.29) is 17.4 Å². The van der Waals surface area contributed by atoms with Crippen LogP contribution in [0.2, 0.25) is 0 Å². The number of ether oxygens (including phenoxy) is 1. The number of hydrogen-bond donors (Lipinski definition) is 4. The molecule has 0 aromatic heterocycles. The lowest BCUT2D eigenvalue weighted by Gasteiger charge is -2.24. The summed E-state index contributed by atoms with van der Waals surface area (Å²) in [4.78, 5) is 14.5. The lowest BCUT2D eigenvalue weighted by atomic mass is 9.91. The third-order valence-corrected chi connectivity index (χ3v) is 5.86. The van der Waals surface area contributed by atoms with E-state index in [2.05, 4.69) is 16.2 Å². The summed E-state index contributed by atoms with van der Waals surface area (Å²) in [6.45, 7) is 1.26. The van der Waals surface area contributed by atoms with Crippen LogP contribution in [0.1, 0.15) is 29.6 Å². The highest BCUT2D eigenvalue weighted by atomic mass is 19.4. The average molecular weight is 450 g/mol. The van der Waals surface area contributed by atoms with Crippen molar-refractivity contribution in [3.8, 4) is 5.75 Å². The maximum atomic E-state index is 13.4. The third kappa shape index (κ3) is 4.52. The standard InChI is InChI=1S/C22H25F3N4O3/c1-32-16-4-2-3-14(9-16)28-19-7-8-29(21(19)31)15-5-6-17(13-11-26-27-12-13)18(10-15)20(30)22(23,24)25/h2-6,9-10,13,19-20,26-28,30H,7-8,11-12H2,1H3. The Kier molecular flexibility index (Phi) is 6.27. The van der Waals surface area contributed by atoms with Crippen molar-refractivity contribution in [1.29, 1.82) is 0 Å². The van der Waals surface area contributed by atoms with Crippen molar-refractivity contribution in [2.24, 2.45) is 0 Å². The number of anilines is 2. The van der Waals surface area contributed by atoms with Crippen molar-refractivity contribution >= 4 is 17.3 Å². The minimum Gasteiger partial charge on any atom is -0.497 e. The van der Waals surface area contributed by atoms with Gasteiger partial charge in [0.1, 0.15) is 11.8 Å². The third-order valence-electron chi connectivity index (χ3n) is 5.86. The molecule has 1 amide bonds. The highest BCUT2D eigenvalue weighted by molar-refractivity contribution is 6.01. The number of methoxy groups -OCH3 is 1. The van der Waals surface area contributed by atoms with Gasteiger partial charge in [-0.05, 0) is 41.8 Å². The number of carbonyl (C=O) groups is 1. The molecule has 2 fully saturated rings. The van der Waals surface area contributed by atoms with Gasteiger partial charge in [-0.3, -0.25) is 15.6 Å². The van der Waals surface area contributed by atoms with Crippen LogP contribution >= 0.6 is 0 Å². The summed E-state index contributed by atoms with van der Waals surface area (Å²) in [5.41, 5.74) is 7.04. The number of aliphatic hydroxyl groups excluding tert-OH is 1. The topological polar surface area (TPSA) is 85.9 Å². The van der Waals surface area contributed by atoms with E-state index in [1.165, 1.54) is 11.0 Å². The summed E-state index contributed by atoms with van der Waals surface area (Å²) in [5, 5.41) is 13.2. The predicted molar refractivity (Wildman–Crippen MR) is 114 cm³/mol. The maximum absolute atomic E-state index is 13.4. The van der Waals surface area contributed by atoms with Gasteiger partial charge in [-0.15, -0.1) is 0 Å². The first-order valence-corrected chi connectivity index (χ1v) is 10.3. The predicted octanol–water partition coefficient (Wildman–Crippen LogP) is 2.70. The van der Waals surface area contributed by atoms with Crippen molar-refractivity contribution in [2.75, 3.05) is 37.0 Å². The van der Waals surface area contributed by atoms with Gasteiger partial charge in [-0.25, -0.2) is 0 Å². The summed E-state index contributed by atoms with van der Waals surface area (Å²) in [6.07, 6.45) is -6.94. The van der Waals surface area contributed by atoms with Gasteiger partial charge in [0, 0.05) is 43.0 Å². The van der Waals surface area contributed by atoms with E-state index >= 15 is 0 Å². The van der Waals surface area contributed by atoms with Crippen LogP contribution in [0.15, 0.2) is 42.5 Å². The normalized spacial score (nSPS) is 20.6. The number of nitrogens with one attached hydrogen (secondary N) is 3. The fourth-order valence-electron chi connectivity index (χ4n) is 4.18. The molecule has 2 saturated heterocycles. The molecule has 0 radical (unpaired) electrons. The second-order valence-corrected chi connectivity index (χ2v) is 7.92. The Hall–Kier alpha value is -2.82. The molecule has 0 bridgehead atoms. The fraction of sp³-hybridized carbons (Fsp3) is 0.409. The zero-order valence-corrected chi connectivity index (χ0v) is 17.4. The largest absolute Gasteiger partial charge is 0.497 e. The Morgan fingerprint density at radius 3 is 2.62 bits per heavy atom. The Morgan fingerprint density at radius 2 is 1.94 bits per heavy atom. The average Bonchev–Trinajstić information content (AvgIpc) is 3.43. The SMILES string of the molecule is COc1cccc(NC2CCN(c3ccc(C4CNNC4)c(C(O)C(F)(F)F)c3)C2=O)c1. The first-order chi connectivity index (χ1) is 15.3. The number of rotatable bonds is 6. The van der Waals surface area contributed by atoms with Crippen LogP contribution < -0.4 is 25.8 Å². The lowest BCUT2D eigenvalue weighted by molar-refractivity contribution is -0.207. The van der Waals surface area contributed by atoms with Gasteiger partial charge in [-0.1, -0.05) is 12.1 Å². The van der Waals surface area contributed by atoms with E-state index < -0.39 is 18.3 Å². The monoisotopic (exact) mass is 450 g/mol. The Morgan fingerprint density at radius 1 is 1.19 bits per heavy atom. The van der Waals surface area contributed by atoms with Crippen molar-refractivity contribution in [3.63, 3.8) is 0 Å². The van der Waals surface area contributed by atoms with Gasteiger partial charge in [0.15, 0.2) is 6.10 Å². The van der Waals surface area contributed by atoms with Gasteiger partial charge < -0.3 is 20.1 Å². The summed E-state index contributed by atoms with van der Waals surface area (Å²) < 4.78 is 45.3. The van der Waals surface area contributed by atoms with Crippen LogP contribution in [0.25, 0.3) is 0 Å². The molecule has 4 N–H and O–H groups in total. The molecule has 172 valence electrons. The van der Waals surface area contributed by atoms with Gasteiger partial charge >= 0.3 is 6.18 Å². The number of hydrogen-bond acceptors (Lipinski definition) is 6. The maximum Gasteiger partial charge on any atom is 0.418 e. The van der Waals surface area contributed by atoms with E-state index in [0.717, 1.165) is 0 Å². The number of carbonyl (C=O) groups excluding carboxylic acids is 1. The molecular formula is C22H25F3N4O3. The molecule has 2 aliphatic rings. The molecular weight excluding hydrogens is 425 g/mol. The quantitative estimate of drug-likeness (QED) is 0.542. The van der Waals surface area contributed by atoms with Crippen molar-refractivity contribution in [1.82, 2.24) is 10.9 Å². The van der Waals surface area contributed by atoms with Crippen LogP contribution in [0.3, 0.4) is 0 Å². The number of aliphatic hydroxyl groups is 1. The second-order valence-electron chi connectivity index (χ2n) is 7.92. The molecule has 0 spiro atoms. The fourth-order valence-corrected chi connectivity index (χ4v) is 4.18. The molecule has 4 rings (SSSR count). The van der Waals surface area contributed by atoms with Gasteiger partial charge in [-0.2, -0.15) is 13.2 Å². The first-order valence-electron chi connectivity index (χ1n) is 10.3. The molecule has 32 heavy (non-hydrogen) atoms. The van der Waals surface area contributed by atoms with Crippen LogP contribution in [0.4, 0.5) is 24.5 Å². The van der Waals surface area contributed by atoms with Crippen molar-refractivity contribution in [2.45, 2.75) is 30.7 Å². The molecule has 2 aromatic carbocycles. The van der Waals surface area contributed by atoms with E-state index in [4.69, 9.17) is 4.74 Å². The molecule has 0 aliphatic carbocycles. The zero-order chi connectivity index (χ0) is 22.9. The Balaban J connectivity index is 1.58. The molecule has 10 heteroatoms. The number of amides is 1. The number of benzene rings is 2. The zero-order valence-electron chi connectivity index (χ0n) is 17.4. The van der Waals surface area contributed by atoms with Gasteiger partial charge in [0.05, 0.1) is 7.11 Å². The highest BCUT2D eigenvalue weighted by Gasteiger charge is 2.42. The van der Waals surface area contributed by atoms with E-state index in [0.29, 0.717) is 48.7 Å². The minimum atomic E-state index is -4.81. The van der Waals surface area contributed by atoms with Gasteiger partial charge in [0.25, 0.3) is 0 Å². The van der Waals surface area contributed by atoms with Crippen LogP contribution in [0.5, 0.6) is 5.75 Å². The Bertz CT molecular complexity index is 979. The molecule has 2 aliphatic heterocycles. The van der Waals surface area contributed by atoms with Crippen LogP contribution in [-0.4, -0.2) is 50.0 Å². The smallest absolute Gasteiger partial charge is 0.418 e. The van der Waals surface area contributed by atoms with Crippen LogP contribution in [0, 0.1) is 0 Å². The first kappa shape index (κ1) is 22.4. The summed E-state index contributed by atoms with van der Waals surface area (Å²) in [6, 6.07) is 11.2. The lowest BCUT2D eigenvalue weighted by Crippen LogP contribution is -2.33. The molecule has 2 aromatic rings. The summed E-state index contributed by atoms with van der Waals surface area (Å²) in [7, 11) is 1.55. The molecule has 2 unspecified atom stereocenters. The van der Waals surface area contributed by atoms with Crippen LogP contribution in [-0.2, 0) is 4.79 Å². The summed E-state index contributed by atoms with van der Waals surface area (Å²) >= 11 is 0. The van der Waals surface area contributed by atoms with Gasteiger partial charge in [0.2, 0.25) is 5.91 Å². The molecule has 2 atom stereocenters. The molecule has 2 heterocycles. The van der Waals surface area contributed by atoms with E-state index in [1.54, 1.807) is 37.4 Å². The summed E-state index contributed by atoms with van der Waals surface area (Å²) in [5.74, 6) is 0.194. The van der Waals surface area contributed by atoms with E-state index in [1.807, 2.05) is 6.07 Å². The molecule has 7 nitrogen and oxygen atoms in total. The second kappa shape index (κ2) is 8.97. The number of alkyl halides is 3. The van der Waals surface area contributed by atoms with E-state index in [9.17, 15) is 23.1 Å². The Labute approximate surface area is 183 Å². The molecule has 0 saturated carbocycles. The minimum absolute atomic E-state index is 0.215. The number of hydrazine groups is 1. The highest BCUT2D eigenvalue weighted by Crippen LogP contribution is 2.39.